The lowest BCUT2D eigenvalue weighted by atomic mass is 9.90. The molecule has 7 nitrogen and oxygen atoms in total. The van der Waals surface area contributed by atoms with Crippen molar-refractivity contribution in [3.05, 3.63) is 65.2 Å². The van der Waals surface area contributed by atoms with Gasteiger partial charge in [0.1, 0.15) is 5.75 Å². The van der Waals surface area contributed by atoms with Crippen molar-refractivity contribution < 1.29 is 28.8 Å². The quantitative estimate of drug-likeness (QED) is 0.593. The maximum Gasteiger partial charge on any atom is 0.335 e. The Morgan fingerprint density at radius 1 is 1.31 bits per heavy atom. The van der Waals surface area contributed by atoms with Gasteiger partial charge in [-0.15, -0.1) is 0 Å². The molecule has 3 N–H and O–H groups in total. The van der Waals surface area contributed by atoms with E-state index in [9.17, 15) is 19.4 Å². The summed E-state index contributed by atoms with van der Waals surface area (Å²) >= 11 is 0. The van der Waals surface area contributed by atoms with Gasteiger partial charge < -0.3 is 24.8 Å². The van der Waals surface area contributed by atoms with E-state index in [2.05, 4.69) is 5.32 Å². The lowest BCUT2D eigenvalue weighted by Gasteiger charge is -2.39. The van der Waals surface area contributed by atoms with E-state index < -0.39 is 18.9 Å². The number of rotatable bonds is 7. The summed E-state index contributed by atoms with van der Waals surface area (Å²) < 4.78 is 23.7. The van der Waals surface area contributed by atoms with Crippen molar-refractivity contribution in [2.45, 2.75) is 24.7 Å². The first kappa shape index (κ1) is 21.5. The molecule has 8 heteroatoms. The molecular weight excluding hydrogens is 393 g/mol. The Kier molecular flexibility index (Phi) is 6.44. The monoisotopic (exact) mass is 419 g/mol. The van der Waals surface area contributed by atoms with Crippen LogP contribution in [0.1, 0.15) is 28.4 Å². The number of ether oxygens (including phenoxy) is 2. The topological polar surface area (TPSA) is 105 Å². The zero-order valence-corrected chi connectivity index (χ0v) is 17.4. The van der Waals surface area contributed by atoms with E-state index in [0.29, 0.717) is 12.3 Å². The van der Waals surface area contributed by atoms with Crippen LogP contribution in [-0.2, 0) is 21.0 Å². The molecule has 0 spiro atoms. The van der Waals surface area contributed by atoms with Gasteiger partial charge in [-0.2, -0.15) is 0 Å². The van der Waals surface area contributed by atoms with E-state index in [1.807, 2.05) is 13.0 Å². The highest BCUT2D eigenvalue weighted by Gasteiger charge is 2.36. The van der Waals surface area contributed by atoms with E-state index in [1.54, 1.807) is 49.6 Å². The number of hydrogen-bond donors (Lipinski definition) is 3. The standard InChI is InChI=1S/C21H26NO6P/c1-21(17-5-3-4-16(10-17)20(23)24)14-28-19(11-22-21)13-29(25,26)12-15-6-8-18(27-2)9-7-15/h3-10,19,22H,11-14H2,1-2H3,(H,23,24)(H,25,26). The molecule has 1 fully saturated rings. The van der Waals surface area contributed by atoms with Crippen LogP contribution in [0.2, 0.25) is 0 Å². The number of methoxy groups -OCH3 is 1. The second-order valence-electron chi connectivity index (χ2n) is 7.57. The fourth-order valence-electron chi connectivity index (χ4n) is 3.43. The number of nitrogens with one attached hydrogen (secondary N) is 1. The van der Waals surface area contributed by atoms with Gasteiger partial charge in [-0.3, -0.25) is 4.57 Å². The number of carboxylic acid groups (broad SMARTS) is 1. The zero-order valence-electron chi connectivity index (χ0n) is 16.5. The third-order valence-corrected chi connectivity index (χ3v) is 6.99. The van der Waals surface area contributed by atoms with Crippen LogP contribution in [0.15, 0.2) is 48.5 Å². The Bertz CT molecular complexity index is 906. The molecule has 0 radical (unpaired) electrons. The van der Waals surface area contributed by atoms with Gasteiger partial charge in [-0.05, 0) is 42.3 Å². The molecule has 3 unspecified atom stereocenters. The van der Waals surface area contributed by atoms with Crippen molar-refractivity contribution in [2.75, 3.05) is 26.4 Å². The Morgan fingerprint density at radius 3 is 2.62 bits per heavy atom. The van der Waals surface area contributed by atoms with Crippen molar-refractivity contribution in [3.63, 3.8) is 0 Å². The third-order valence-electron chi connectivity index (χ3n) is 5.15. The summed E-state index contributed by atoms with van der Waals surface area (Å²) in [5.74, 6) is -0.280. The smallest absolute Gasteiger partial charge is 0.335 e. The van der Waals surface area contributed by atoms with E-state index in [4.69, 9.17) is 9.47 Å². The zero-order chi connectivity index (χ0) is 21.1. The van der Waals surface area contributed by atoms with Crippen molar-refractivity contribution in [1.82, 2.24) is 5.32 Å². The van der Waals surface area contributed by atoms with Crippen LogP contribution in [0.25, 0.3) is 0 Å². The highest BCUT2D eigenvalue weighted by Crippen LogP contribution is 2.46. The lowest BCUT2D eigenvalue weighted by Crippen LogP contribution is -2.53. The Labute approximate surface area is 170 Å². The summed E-state index contributed by atoms with van der Waals surface area (Å²) in [5.41, 5.74) is 1.24. The maximum absolute atomic E-state index is 12.7. The highest BCUT2D eigenvalue weighted by atomic mass is 31.2. The number of aromatic carboxylic acids is 1. The molecule has 29 heavy (non-hydrogen) atoms. The van der Waals surface area contributed by atoms with Gasteiger partial charge >= 0.3 is 5.97 Å². The minimum atomic E-state index is -3.42. The molecule has 156 valence electrons. The molecule has 2 aromatic rings. The molecule has 1 heterocycles. The molecule has 1 saturated heterocycles. The van der Waals surface area contributed by atoms with E-state index in [0.717, 1.165) is 11.1 Å². The lowest BCUT2D eigenvalue weighted by molar-refractivity contribution is -0.0187. The van der Waals surface area contributed by atoms with Gasteiger partial charge in [0.15, 0.2) is 0 Å². The molecule has 2 aromatic carbocycles. The van der Waals surface area contributed by atoms with E-state index in [1.165, 1.54) is 0 Å². The Morgan fingerprint density at radius 2 is 2.03 bits per heavy atom. The van der Waals surface area contributed by atoms with Gasteiger partial charge in [-0.25, -0.2) is 4.79 Å². The molecule has 0 bridgehead atoms. The van der Waals surface area contributed by atoms with Crippen LogP contribution in [0.4, 0.5) is 0 Å². The predicted molar refractivity (Wildman–Crippen MR) is 110 cm³/mol. The van der Waals surface area contributed by atoms with Crippen LogP contribution >= 0.6 is 7.37 Å². The first-order chi connectivity index (χ1) is 13.7. The molecule has 3 atom stereocenters. The first-order valence-electron chi connectivity index (χ1n) is 9.35. The Balaban J connectivity index is 1.60. The number of hydrogen-bond acceptors (Lipinski definition) is 5. The normalized spacial score (nSPS) is 23.9. The number of benzene rings is 2. The molecule has 1 aliphatic rings. The maximum atomic E-state index is 12.7. The molecule has 0 saturated carbocycles. The predicted octanol–water partition coefficient (Wildman–Crippen LogP) is 3.07. The van der Waals surface area contributed by atoms with Gasteiger partial charge in [0.2, 0.25) is 7.37 Å². The molecule has 1 aliphatic heterocycles. The largest absolute Gasteiger partial charge is 0.497 e. The molecule has 0 amide bonds. The summed E-state index contributed by atoms with van der Waals surface area (Å²) in [6.45, 7) is 2.62. The van der Waals surface area contributed by atoms with Gasteiger partial charge in [0.05, 0.1) is 37.1 Å². The summed E-state index contributed by atoms with van der Waals surface area (Å²) in [6, 6.07) is 13.8. The Hall–Kier alpha value is -2.18. The van der Waals surface area contributed by atoms with Crippen LogP contribution in [-0.4, -0.2) is 48.5 Å². The summed E-state index contributed by atoms with van der Waals surface area (Å²) in [4.78, 5) is 21.7. The fraction of sp³-hybridized carbons (Fsp3) is 0.381. The average molecular weight is 419 g/mol. The fourth-order valence-corrected chi connectivity index (χ4v) is 5.21. The van der Waals surface area contributed by atoms with Crippen LogP contribution < -0.4 is 10.1 Å². The molecule has 3 rings (SSSR count). The van der Waals surface area contributed by atoms with Gasteiger partial charge in [0.25, 0.3) is 0 Å². The third kappa shape index (κ3) is 5.46. The summed E-state index contributed by atoms with van der Waals surface area (Å²) in [5, 5.41) is 12.6. The van der Waals surface area contributed by atoms with E-state index >= 15 is 0 Å². The average Bonchev–Trinajstić information content (AvgIpc) is 2.70. The second kappa shape index (κ2) is 8.67. The molecular formula is C21H26NO6P. The second-order valence-corrected chi connectivity index (χ2v) is 9.94. The highest BCUT2D eigenvalue weighted by molar-refractivity contribution is 7.57. The first-order valence-corrected chi connectivity index (χ1v) is 11.4. The molecule has 0 aromatic heterocycles. The molecule has 0 aliphatic carbocycles. The van der Waals surface area contributed by atoms with Crippen molar-refractivity contribution in [2.24, 2.45) is 0 Å². The number of carboxylic acids is 1. The van der Waals surface area contributed by atoms with Crippen LogP contribution in [0.5, 0.6) is 5.75 Å². The van der Waals surface area contributed by atoms with Crippen molar-refractivity contribution >= 4 is 13.3 Å². The minimum absolute atomic E-state index is 0.0529. The number of morpholine rings is 1. The van der Waals surface area contributed by atoms with Crippen molar-refractivity contribution in [1.29, 1.82) is 0 Å². The summed E-state index contributed by atoms with van der Waals surface area (Å²) in [7, 11) is -1.85. The number of carbonyl (C=O) groups is 1. The SMILES string of the molecule is COc1ccc(CP(=O)(O)CC2CNC(C)(c3cccc(C(=O)O)c3)CO2)cc1. The van der Waals surface area contributed by atoms with Crippen LogP contribution in [0.3, 0.4) is 0 Å². The minimum Gasteiger partial charge on any atom is -0.497 e. The van der Waals surface area contributed by atoms with Gasteiger partial charge in [0, 0.05) is 12.7 Å². The summed E-state index contributed by atoms with van der Waals surface area (Å²) in [6.07, 6.45) is -0.258. The van der Waals surface area contributed by atoms with Gasteiger partial charge in [-0.1, -0.05) is 24.3 Å². The van der Waals surface area contributed by atoms with Crippen molar-refractivity contribution in [3.8, 4) is 5.75 Å². The van der Waals surface area contributed by atoms with Crippen LogP contribution in [0, 0.1) is 0 Å². The van der Waals surface area contributed by atoms with E-state index in [-0.39, 0.29) is 30.6 Å².